The van der Waals surface area contributed by atoms with Crippen LogP contribution in [0.3, 0.4) is 0 Å². The van der Waals surface area contributed by atoms with Gasteiger partial charge < -0.3 is 0 Å². The minimum atomic E-state index is 0.545. The van der Waals surface area contributed by atoms with Gasteiger partial charge in [0.2, 0.25) is 0 Å². The lowest BCUT2D eigenvalue weighted by Crippen LogP contribution is -1.72. The molecule has 0 spiro atoms. The number of hydrogen-bond acceptors (Lipinski definition) is 1. The number of alkyl halides is 1. The predicted octanol–water partition coefficient (Wildman–Crippen LogP) is 2.81. The van der Waals surface area contributed by atoms with Crippen LogP contribution in [0.5, 0.6) is 0 Å². The van der Waals surface area contributed by atoms with E-state index in [4.69, 9.17) is 11.6 Å². The van der Waals surface area contributed by atoms with Crippen LogP contribution in [0.2, 0.25) is 0 Å². The first-order chi connectivity index (χ1) is 6.40. The third-order valence-corrected chi connectivity index (χ3v) is 2.04. The lowest BCUT2D eigenvalue weighted by atomic mass is 10.1. The summed E-state index contributed by atoms with van der Waals surface area (Å²) in [5.41, 5.74) is 2.21. The van der Waals surface area contributed by atoms with Gasteiger partial charge in [0.05, 0.1) is 11.7 Å². The highest BCUT2D eigenvalue weighted by molar-refractivity contribution is 6.19. The molecule has 0 aliphatic heterocycles. The van der Waals surface area contributed by atoms with E-state index < -0.39 is 0 Å². The van der Waals surface area contributed by atoms with Gasteiger partial charge >= 0.3 is 0 Å². The molecule has 0 amide bonds. The van der Waals surface area contributed by atoms with Gasteiger partial charge in [-0.2, -0.15) is 5.10 Å². The minimum Gasteiger partial charge on any atom is -0.278 e. The van der Waals surface area contributed by atoms with Crippen LogP contribution in [-0.2, 0) is 0 Å². The highest BCUT2D eigenvalue weighted by atomic mass is 35.5. The van der Waals surface area contributed by atoms with Crippen molar-refractivity contribution in [2.45, 2.75) is 0 Å². The molecule has 2 nitrogen and oxygen atoms in total. The first-order valence-corrected chi connectivity index (χ1v) is 4.59. The Morgan fingerprint density at radius 2 is 2.38 bits per heavy atom. The lowest BCUT2D eigenvalue weighted by Gasteiger charge is -1.92. The van der Waals surface area contributed by atoms with Crippen molar-refractivity contribution in [1.82, 2.24) is 10.2 Å². The molecule has 2 rings (SSSR count). The molecule has 2 aromatic rings. The van der Waals surface area contributed by atoms with Gasteiger partial charge in [-0.1, -0.05) is 18.2 Å². The minimum absolute atomic E-state index is 0.545. The van der Waals surface area contributed by atoms with Gasteiger partial charge in [-0.15, -0.1) is 11.6 Å². The summed E-state index contributed by atoms with van der Waals surface area (Å²) >= 11 is 5.54. The molecular formula is C10H9ClN2. The zero-order chi connectivity index (χ0) is 9.10. The fraction of sp³-hybridized carbons (Fsp3) is 0.100. The molecule has 1 heterocycles. The predicted molar refractivity (Wildman–Crippen MR) is 55.8 cm³/mol. The Bertz CT molecular complexity index is 431. The van der Waals surface area contributed by atoms with Crippen LogP contribution in [0.15, 0.2) is 30.5 Å². The third-order valence-electron chi connectivity index (χ3n) is 1.86. The Morgan fingerprint density at radius 3 is 3.23 bits per heavy atom. The number of nitrogens with one attached hydrogen (secondary N) is 1. The SMILES string of the molecule is ClCC=Cc1ccc2[nH]ncc2c1. The molecule has 0 aliphatic rings. The quantitative estimate of drug-likeness (QED) is 0.729. The van der Waals surface area contributed by atoms with E-state index in [1.54, 1.807) is 0 Å². The van der Waals surface area contributed by atoms with Crippen molar-refractivity contribution in [1.29, 1.82) is 0 Å². The molecule has 0 bridgehead atoms. The van der Waals surface area contributed by atoms with Crippen LogP contribution in [0.4, 0.5) is 0 Å². The van der Waals surface area contributed by atoms with Gasteiger partial charge in [0, 0.05) is 11.3 Å². The molecule has 1 aromatic carbocycles. The van der Waals surface area contributed by atoms with E-state index in [0.717, 1.165) is 16.5 Å². The van der Waals surface area contributed by atoms with E-state index in [9.17, 15) is 0 Å². The topological polar surface area (TPSA) is 28.7 Å². The smallest absolute Gasteiger partial charge is 0.0650 e. The molecule has 1 N–H and O–H groups in total. The summed E-state index contributed by atoms with van der Waals surface area (Å²) in [7, 11) is 0. The summed E-state index contributed by atoms with van der Waals surface area (Å²) in [5, 5.41) is 7.97. The second-order valence-corrected chi connectivity index (χ2v) is 3.08. The highest BCUT2D eigenvalue weighted by Crippen LogP contribution is 2.13. The molecule has 1 aromatic heterocycles. The fourth-order valence-electron chi connectivity index (χ4n) is 1.25. The summed E-state index contributed by atoms with van der Waals surface area (Å²) in [6.07, 6.45) is 5.73. The van der Waals surface area contributed by atoms with Crippen molar-refractivity contribution in [2.24, 2.45) is 0 Å². The number of nitrogens with zero attached hydrogens (tertiary/aromatic N) is 1. The number of aromatic amines is 1. The van der Waals surface area contributed by atoms with Gasteiger partial charge in [-0.3, -0.25) is 5.10 Å². The number of hydrogen-bond donors (Lipinski definition) is 1. The van der Waals surface area contributed by atoms with E-state index in [2.05, 4.69) is 16.3 Å². The molecule has 13 heavy (non-hydrogen) atoms. The number of benzene rings is 1. The molecule has 0 saturated heterocycles. The molecular weight excluding hydrogens is 184 g/mol. The number of H-pyrrole nitrogens is 1. The van der Waals surface area contributed by atoms with Crippen LogP contribution in [0.25, 0.3) is 17.0 Å². The molecule has 0 aliphatic carbocycles. The highest BCUT2D eigenvalue weighted by Gasteiger charge is 1.94. The van der Waals surface area contributed by atoms with Gasteiger partial charge in [0.15, 0.2) is 0 Å². The molecule has 0 atom stereocenters. The van der Waals surface area contributed by atoms with Crippen molar-refractivity contribution >= 4 is 28.6 Å². The van der Waals surface area contributed by atoms with Crippen LogP contribution in [-0.4, -0.2) is 16.1 Å². The van der Waals surface area contributed by atoms with E-state index in [0.29, 0.717) is 5.88 Å². The Balaban J connectivity index is 2.42. The van der Waals surface area contributed by atoms with E-state index >= 15 is 0 Å². The van der Waals surface area contributed by atoms with Gasteiger partial charge in [0.1, 0.15) is 0 Å². The van der Waals surface area contributed by atoms with E-state index in [1.807, 2.05) is 30.5 Å². The van der Waals surface area contributed by atoms with Gasteiger partial charge in [-0.05, 0) is 17.7 Å². The molecule has 0 radical (unpaired) electrons. The van der Waals surface area contributed by atoms with Crippen molar-refractivity contribution in [3.8, 4) is 0 Å². The Labute approximate surface area is 81.2 Å². The maximum atomic E-state index is 5.54. The van der Waals surface area contributed by atoms with Crippen LogP contribution in [0, 0.1) is 0 Å². The van der Waals surface area contributed by atoms with Crippen molar-refractivity contribution in [3.63, 3.8) is 0 Å². The molecule has 3 heteroatoms. The number of allylic oxidation sites excluding steroid dienone is 1. The zero-order valence-electron chi connectivity index (χ0n) is 7.00. The second-order valence-electron chi connectivity index (χ2n) is 2.77. The maximum Gasteiger partial charge on any atom is 0.0650 e. The summed E-state index contributed by atoms with van der Waals surface area (Å²) in [4.78, 5) is 0. The normalized spacial score (nSPS) is 11.5. The van der Waals surface area contributed by atoms with Crippen LogP contribution < -0.4 is 0 Å². The molecule has 0 fully saturated rings. The van der Waals surface area contributed by atoms with Crippen molar-refractivity contribution in [3.05, 3.63) is 36.0 Å². The number of halogens is 1. The summed E-state index contributed by atoms with van der Waals surface area (Å²) in [6, 6.07) is 6.11. The standard InChI is InChI=1S/C10H9ClN2/c11-5-1-2-8-3-4-10-9(6-8)7-12-13-10/h1-4,6-7H,5H2,(H,12,13). The molecule has 0 unspecified atom stereocenters. The average Bonchev–Trinajstić information content (AvgIpc) is 2.61. The number of aromatic nitrogens is 2. The lowest BCUT2D eigenvalue weighted by molar-refractivity contribution is 1.12. The fourth-order valence-corrected chi connectivity index (χ4v) is 1.33. The molecule has 66 valence electrons. The van der Waals surface area contributed by atoms with Crippen LogP contribution >= 0.6 is 11.6 Å². The summed E-state index contributed by atoms with van der Waals surface area (Å²) in [5.74, 6) is 0.545. The second kappa shape index (κ2) is 3.62. The Kier molecular flexibility index (Phi) is 2.32. The monoisotopic (exact) mass is 192 g/mol. The van der Waals surface area contributed by atoms with E-state index in [-0.39, 0.29) is 0 Å². The largest absolute Gasteiger partial charge is 0.278 e. The summed E-state index contributed by atoms with van der Waals surface area (Å²) in [6.45, 7) is 0. The van der Waals surface area contributed by atoms with Gasteiger partial charge in [0.25, 0.3) is 0 Å². The van der Waals surface area contributed by atoms with Gasteiger partial charge in [-0.25, -0.2) is 0 Å². The molecule has 0 saturated carbocycles. The van der Waals surface area contributed by atoms with E-state index in [1.165, 1.54) is 0 Å². The first-order valence-electron chi connectivity index (χ1n) is 4.06. The average molecular weight is 193 g/mol. The van der Waals surface area contributed by atoms with Crippen molar-refractivity contribution in [2.75, 3.05) is 5.88 Å². The van der Waals surface area contributed by atoms with Crippen molar-refractivity contribution < 1.29 is 0 Å². The maximum absolute atomic E-state index is 5.54. The summed E-state index contributed by atoms with van der Waals surface area (Å²) < 4.78 is 0. The number of fused-ring (bicyclic) bond motifs is 1. The number of rotatable bonds is 2. The third kappa shape index (κ3) is 1.73. The zero-order valence-corrected chi connectivity index (χ0v) is 7.75. The Morgan fingerprint density at radius 1 is 1.46 bits per heavy atom. The first kappa shape index (κ1) is 8.32. The Hall–Kier alpha value is -1.28. The van der Waals surface area contributed by atoms with Crippen LogP contribution in [0.1, 0.15) is 5.56 Å².